The lowest BCUT2D eigenvalue weighted by atomic mass is 9.98. The minimum atomic E-state index is 0.678. The van der Waals surface area contributed by atoms with E-state index < -0.39 is 0 Å². The number of nitriles is 1. The van der Waals surface area contributed by atoms with Gasteiger partial charge in [-0.3, -0.25) is 0 Å². The number of nitrogens with one attached hydrogen (secondary N) is 1. The van der Waals surface area contributed by atoms with Crippen LogP contribution in [-0.4, -0.2) is 11.5 Å². The average Bonchev–Trinajstić information content (AvgIpc) is 3.22. The molecule has 2 fully saturated rings. The zero-order chi connectivity index (χ0) is 11.7. The van der Waals surface area contributed by atoms with Crippen molar-refractivity contribution in [3.05, 3.63) is 23.9 Å². The number of anilines is 1. The first-order valence-electron chi connectivity index (χ1n) is 6.47. The van der Waals surface area contributed by atoms with Crippen LogP contribution in [0.3, 0.4) is 0 Å². The standard InChI is InChI=1S/C14H17N3/c15-8-10-5-6-16-14(7-10)17-9-13(11-1-2-11)12-3-4-12/h5-7,11-13H,1-4,9H2,(H,16,17). The molecule has 0 unspecified atom stereocenters. The number of nitrogens with zero attached hydrogens (tertiary/aromatic N) is 2. The normalized spacial score (nSPS) is 19.1. The number of pyridine rings is 1. The fourth-order valence-corrected chi connectivity index (χ4v) is 2.59. The first-order chi connectivity index (χ1) is 8.36. The molecule has 1 N–H and O–H groups in total. The minimum Gasteiger partial charge on any atom is -0.370 e. The van der Waals surface area contributed by atoms with Crippen molar-refractivity contribution in [3.8, 4) is 6.07 Å². The van der Waals surface area contributed by atoms with E-state index in [-0.39, 0.29) is 0 Å². The van der Waals surface area contributed by atoms with Crippen molar-refractivity contribution in [3.63, 3.8) is 0 Å². The van der Waals surface area contributed by atoms with Gasteiger partial charge in [-0.25, -0.2) is 4.98 Å². The van der Waals surface area contributed by atoms with Crippen LogP contribution in [0.5, 0.6) is 0 Å². The summed E-state index contributed by atoms with van der Waals surface area (Å²) in [4.78, 5) is 4.26. The maximum absolute atomic E-state index is 8.83. The third kappa shape index (κ3) is 2.58. The SMILES string of the molecule is N#Cc1ccnc(NCC(C2CC2)C2CC2)c1. The largest absolute Gasteiger partial charge is 0.370 e. The Kier molecular flexibility index (Phi) is 2.72. The van der Waals surface area contributed by atoms with Gasteiger partial charge in [-0.2, -0.15) is 5.26 Å². The van der Waals surface area contributed by atoms with E-state index in [1.807, 2.05) is 6.07 Å². The Morgan fingerprint density at radius 2 is 2.06 bits per heavy atom. The zero-order valence-corrected chi connectivity index (χ0v) is 9.89. The molecule has 3 heteroatoms. The van der Waals surface area contributed by atoms with Crippen LogP contribution in [0, 0.1) is 29.1 Å². The average molecular weight is 227 g/mol. The second-order valence-electron chi connectivity index (χ2n) is 5.26. The molecule has 3 rings (SSSR count). The molecule has 1 heterocycles. The van der Waals surface area contributed by atoms with Crippen LogP contribution in [0.25, 0.3) is 0 Å². The molecule has 0 spiro atoms. The van der Waals surface area contributed by atoms with Crippen LogP contribution < -0.4 is 5.32 Å². The van der Waals surface area contributed by atoms with Crippen molar-refractivity contribution >= 4 is 5.82 Å². The molecule has 1 aromatic heterocycles. The van der Waals surface area contributed by atoms with Crippen molar-refractivity contribution < 1.29 is 0 Å². The van der Waals surface area contributed by atoms with Crippen LogP contribution in [0.15, 0.2) is 18.3 Å². The van der Waals surface area contributed by atoms with Gasteiger partial charge in [-0.05, 0) is 55.6 Å². The van der Waals surface area contributed by atoms with Gasteiger partial charge in [0.2, 0.25) is 0 Å². The molecule has 1 aromatic rings. The third-order valence-corrected chi connectivity index (χ3v) is 3.86. The zero-order valence-electron chi connectivity index (χ0n) is 9.89. The van der Waals surface area contributed by atoms with Gasteiger partial charge in [0, 0.05) is 12.7 Å². The minimum absolute atomic E-state index is 0.678. The lowest BCUT2D eigenvalue weighted by molar-refractivity contribution is 0.427. The number of hydrogen-bond donors (Lipinski definition) is 1. The molecule has 2 saturated carbocycles. The lowest BCUT2D eigenvalue weighted by Crippen LogP contribution is -2.18. The third-order valence-electron chi connectivity index (χ3n) is 3.86. The van der Waals surface area contributed by atoms with Gasteiger partial charge < -0.3 is 5.32 Å². The number of aromatic nitrogens is 1. The number of rotatable bonds is 5. The summed E-state index contributed by atoms with van der Waals surface area (Å²) in [5.74, 6) is 3.58. The highest BCUT2D eigenvalue weighted by Crippen LogP contribution is 2.49. The predicted octanol–water partition coefficient (Wildman–Crippen LogP) is 2.80. The Balaban J connectivity index is 1.60. The Labute approximate surface area is 102 Å². The fraction of sp³-hybridized carbons (Fsp3) is 0.571. The van der Waals surface area contributed by atoms with Crippen LogP contribution in [0.2, 0.25) is 0 Å². The molecule has 0 radical (unpaired) electrons. The van der Waals surface area contributed by atoms with E-state index >= 15 is 0 Å². The van der Waals surface area contributed by atoms with Gasteiger partial charge in [-0.15, -0.1) is 0 Å². The molecule has 3 nitrogen and oxygen atoms in total. The quantitative estimate of drug-likeness (QED) is 0.841. The molecule has 2 aliphatic rings. The molecule has 0 aromatic carbocycles. The summed E-state index contributed by atoms with van der Waals surface area (Å²) in [6.07, 6.45) is 7.34. The predicted molar refractivity (Wildman–Crippen MR) is 66.4 cm³/mol. The molecule has 17 heavy (non-hydrogen) atoms. The van der Waals surface area contributed by atoms with Crippen LogP contribution in [0.1, 0.15) is 31.2 Å². The smallest absolute Gasteiger partial charge is 0.127 e. The first-order valence-corrected chi connectivity index (χ1v) is 6.47. The van der Waals surface area contributed by atoms with Gasteiger partial charge in [0.05, 0.1) is 11.6 Å². The van der Waals surface area contributed by atoms with Gasteiger partial charge in [-0.1, -0.05) is 0 Å². The van der Waals surface area contributed by atoms with Crippen LogP contribution in [0.4, 0.5) is 5.82 Å². The summed E-state index contributed by atoms with van der Waals surface area (Å²) in [6.45, 7) is 1.03. The van der Waals surface area contributed by atoms with Gasteiger partial charge in [0.25, 0.3) is 0 Å². The van der Waals surface area contributed by atoms with Gasteiger partial charge in [0.15, 0.2) is 0 Å². The van der Waals surface area contributed by atoms with E-state index in [4.69, 9.17) is 5.26 Å². The van der Waals surface area contributed by atoms with E-state index in [1.165, 1.54) is 25.7 Å². The number of hydrogen-bond acceptors (Lipinski definition) is 3. The van der Waals surface area contributed by atoms with Crippen LogP contribution >= 0.6 is 0 Å². The molecular weight excluding hydrogens is 210 g/mol. The second kappa shape index (κ2) is 4.37. The highest BCUT2D eigenvalue weighted by atomic mass is 15.0. The Hall–Kier alpha value is -1.56. The Bertz CT molecular complexity index is 429. The highest BCUT2D eigenvalue weighted by molar-refractivity contribution is 5.42. The van der Waals surface area contributed by atoms with E-state index in [1.54, 1.807) is 12.3 Å². The summed E-state index contributed by atoms with van der Waals surface area (Å²) < 4.78 is 0. The molecule has 0 atom stereocenters. The summed E-state index contributed by atoms with van der Waals surface area (Å²) in [5.41, 5.74) is 0.678. The van der Waals surface area contributed by atoms with Gasteiger partial charge >= 0.3 is 0 Å². The Morgan fingerprint density at radius 3 is 2.65 bits per heavy atom. The van der Waals surface area contributed by atoms with E-state index in [0.29, 0.717) is 5.56 Å². The molecular formula is C14H17N3. The topological polar surface area (TPSA) is 48.7 Å². The van der Waals surface area contributed by atoms with Crippen molar-refractivity contribution in [1.82, 2.24) is 4.98 Å². The maximum Gasteiger partial charge on any atom is 0.127 e. The summed E-state index contributed by atoms with van der Waals surface area (Å²) in [7, 11) is 0. The molecule has 88 valence electrons. The molecule has 0 bridgehead atoms. The monoisotopic (exact) mass is 227 g/mol. The summed E-state index contributed by atoms with van der Waals surface area (Å²) >= 11 is 0. The Morgan fingerprint density at radius 1 is 1.35 bits per heavy atom. The molecule has 0 saturated heterocycles. The molecule has 0 aliphatic heterocycles. The van der Waals surface area contributed by atoms with Gasteiger partial charge in [0.1, 0.15) is 5.82 Å². The fourth-order valence-electron chi connectivity index (χ4n) is 2.59. The summed E-state index contributed by atoms with van der Waals surface area (Å²) in [6, 6.07) is 5.72. The van der Waals surface area contributed by atoms with E-state index in [2.05, 4.69) is 16.4 Å². The summed E-state index contributed by atoms with van der Waals surface area (Å²) in [5, 5.41) is 12.2. The molecule has 2 aliphatic carbocycles. The second-order valence-corrected chi connectivity index (χ2v) is 5.26. The first kappa shape index (κ1) is 10.6. The van der Waals surface area contributed by atoms with Crippen molar-refractivity contribution in [1.29, 1.82) is 5.26 Å². The van der Waals surface area contributed by atoms with E-state index in [0.717, 1.165) is 30.1 Å². The van der Waals surface area contributed by atoms with Crippen molar-refractivity contribution in [2.24, 2.45) is 17.8 Å². The van der Waals surface area contributed by atoms with Crippen LogP contribution in [-0.2, 0) is 0 Å². The molecule has 0 amide bonds. The van der Waals surface area contributed by atoms with Crippen molar-refractivity contribution in [2.45, 2.75) is 25.7 Å². The highest BCUT2D eigenvalue weighted by Gasteiger charge is 2.40. The maximum atomic E-state index is 8.83. The van der Waals surface area contributed by atoms with E-state index in [9.17, 15) is 0 Å². The van der Waals surface area contributed by atoms with Crippen molar-refractivity contribution in [2.75, 3.05) is 11.9 Å². The lowest BCUT2D eigenvalue weighted by Gasteiger charge is -2.16.